The SMILES string of the molecule is CCCNC1CCN(Cc2cscc2C)CC1C. The molecular weight excluding hydrogens is 240 g/mol. The molecule has 2 unspecified atom stereocenters. The lowest BCUT2D eigenvalue weighted by molar-refractivity contribution is 0.141. The molecule has 1 N–H and O–H groups in total. The first-order chi connectivity index (χ1) is 8.70. The van der Waals surface area contributed by atoms with Crippen molar-refractivity contribution in [3.63, 3.8) is 0 Å². The third-order valence-corrected chi connectivity index (χ3v) is 4.91. The van der Waals surface area contributed by atoms with Gasteiger partial charge >= 0.3 is 0 Å². The van der Waals surface area contributed by atoms with Crippen LogP contribution in [0.1, 0.15) is 37.8 Å². The Morgan fingerprint density at radius 1 is 1.44 bits per heavy atom. The standard InChI is InChI=1S/C15H26N2S/c1-4-6-16-15-5-7-17(8-12(15)2)9-14-11-18-10-13(14)3/h10-12,15-16H,4-9H2,1-3H3. The minimum Gasteiger partial charge on any atom is -0.314 e. The Balaban J connectivity index is 1.83. The second-order valence-corrected chi connectivity index (χ2v) is 6.39. The van der Waals surface area contributed by atoms with Crippen molar-refractivity contribution in [1.82, 2.24) is 10.2 Å². The van der Waals surface area contributed by atoms with Gasteiger partial charge in [0.05, 0.1) is 0 Å². The van der Waals surface area contributed by atoms with Gasteiger partial charge in [-0.2, -0.15) is 11.3 Å². The molecule has 102 valence electrons. The third kappa shape index (κ3) is 3.56. The summed E-state index contributed by atoms with van der Waals surface area (Å²) in [6.45, 7) is 11.6. The number of nitrogens with zero attached hydrogens (tertiary/aromatic N) is 1. The Morgan fingerprint density at radius 3 is 2.89 bits per heavy atom. The summed E-state index contributed by atoms with van der Waals surface area (Å²) in [5.41, 5.74) is 2.98. The van der Waals surface area contributed by atoms with Gasteiger partial charge in [0, 0.05) is 19.1 Å². The van der Waals surface area contributed by atoms with Crippen molar-refractivity contribution in [3.8, 4) is 0 Å². The number of thiophene rings is 1. The Labute approximate surface area is 115 Å². The van der Waals surface area contributed by atoms with E-state index in [1.807, 2.05) is 11.3 Å². The van der Waals surface area contributed by atoms with Crippen molar-refractivity contribution in [1.29, 1.82) is 0 Å². The van der Waals surface area contributed by atoms with Gasteiger partial charge in [-0.15, -0.1) is 0 Å². The zero-order valence-electron chi connectivity index (χ0n) is 11.9. The molecule has 3 heteroatoms. The van der Waals surface area contributed by atoms with Gasteiger partial charge in [0.25, 0.3) is 0 Å². The van der Waals surface area contributed by atoms with E-state index < -0.39 is 0 Å². The average Bonchev–Trinajstić information content (AvgIpc) is 2.74. The van der Waals surface area contributed by atoms with Crippen LogP contribution >= 0.6 is 11.3 Å². The van der Waals surface area contributed by atoms with E-state index >= 15 is 0 Å². The van der Waals surface area contributed by atoms with Crippen molar-refractivity contribution in [2.24, 2.45) is 5.92 Å². The van der Waals surface area contributed by atoms with Gasteiger partial charge in [-0.1, -0.05) is 13.8 Å². The van der Waals surface area contributed by atoms with Crippen LogP contribution in [0.3, 0.4) is 0 Å². The van der Waals surface area contributed by atoms with Gasteiger partial charge in [-0.25, -0.2) is 0 Å². The molecule has 2 heterocycles. The Morgan fingerprint density at radius 2 is 2.28 bits per heavy atom. The van der Waals surface area contributed by atoms with Crippen LogP contribution in [0, 0.1) is 12.8 Å². The number of nitrogens with one attached hydrogen (secondary N) is 1. The molecule has 2 rings (SSSR count). The predicted octanol–water partition coefficient (Wildman–Crippen LogP) is 3.27. The second kappa shape index (κ2) is 6.69. The molecule has 0 radical (unpaired) electrons. The molecule has 1 aliphatic rings. The highest BCUT2D eigenvalue weighted by Gasteiger charge is 2.25. The maximum absolute atomic E-state index is 3.69. The monoisotopic (exact) mass is 266 g/mol. The molecule has 0 aromatic carbocycles. The molecule has 1 fully saturated rings. The normalized spacial score (nSPS) is 25.5. The highest BCUT2D eigenvalue weighted by molar-refractivity contribution is 7.08. The lowest BCUT2D eigenvalue weighted by Crippen LogP contribution is -2.48. The molecule has 1 aromatic heterocycles. The fourth-order valence-electron chi connectivity index (χ4n) is 2.80. The Hall–Kier alpha value is -0.380. The molecule has 2 nitrogen and oxygen atoms in total. The molecule has 1 aromatic rings. The lowest BCUT2D eigenvalue weighted by atomic mass is 9.93. The summed E-state index contributed by atoms with van der Waals surface area (Å²) in [5, 5.41) is 8.25. The van der Waals surface area contributed by atoms with Crippen LogP contribution in [-0.4, -0.2) is 30.6 Å². The fourth-order valence-corrected chi connectivity index (χ4v) is 3.65. The quantitative estimate of drug-likeness (QED) is 0.880. The molecule has 0 aliphatic carbocycles. The summed E-state index contributed by atoms with van der Waals surface area (Å²) in [6, 6.07) is 0.727. The van der Waals surface area contributed by atoms with E-state index in [0.29, 0.717) is 0 Å². The van der Waals surface area contributed by atoms with Crippen molar-refractivity contribution in [2.45, 2.75) is 46.2 Å². The molecule has 0 bridgehead atoms. The van der Waals surface area contributed by atoms with Crippen LogP contribution in [0.15, 0.2) is 10.8 Å². The van der Waals surface area contributed by atoms with E-state index in [2.05, 4.69) is 41.7 Å². The summed E-state index contributed by atoms with van der Waals surface area (Å²) in [6.07, 6.45) is 2.53. The summed E-state index contributed by atoms with van der Waals surface area (Å²) < 4.78 is 0. The number of aryl methyl sites for hydroxylation is 1. The van der Waals surface area contributed by atoms with Gasteiger partial charge in [0.1, 0.15) is 0 Å². The predicted molar refractivity (Wildman–Crippen MR) is 80.2 cm³/mol. The molecule has 18 heavy (non-hydrogen) atoms. The minimum absolute atomic E-state index is 0.727. The van der Waals surface area contributed by atoms with Crippen LogP contribution in [0.25, 0.3) is 0 Å². The van der Waals surface area contributed by atoms with Crippen LogP contribution in [0.2, 0.25) is 0 Å². The maximum atomic E-state index is 3.69. The van der Waals surface area contributed by atoms with Crippen molar-refractivity contribution in [3.05, 3.63) is 21.9 Å². The van der Waals surface area contributed by atoms with E-state index in [1.165, 1.54) is 43.6 Å². The first kappa shape index (κ1) is 14.0. The molecule has 0 amide bonds. The summed E-state index contributed by atoms with van der Waals surface area (Å²) in [5.74, 6) is 0.768. The van der Waals surface area contributed by atoms with Gasteiger partial charge in [-0.05, 0) is 60.7 Å². The highest BCUT2D eigenvalue weighted by Crippen LogP contribution is 2.21. The van der Waals surface area contributed by atoms with Crippen LogP contribution in [0.4, 0.5) is 0 Å². The van der Waals surface area contributed by atoms with E-state index in [4.69, 9.17) is 0 Å². The van der Waals surface area contributed by atoms with E-state index in [0.717, 1.165) is 18.5 Å². The first-order valence-corrected chi connectivity index (χ1v) is 8.12. The molecule has 0 spiro atoms. The van der Waals surface area contributed by atoms with Gasteiger partial charge in [0.2, 0.25) is 0 Å². The maximum Gasteiger partial charge on any atom is 0.0244 e. The molecular formula is C15H26N2S. The van der Waals surface area contributed by atoms with Crippen LogP contribution < -0.4 is 5.32 Å². The topological polar surface area (TPSA) is 15.3 Å². The highest BCUT2D eigenvalue weighted by atomic mass is 32.1. The Bertz CT molecular complexity index is 361. The lowest BCUT2D eigenvalue weighted by Gasteiger charge is -2.37. The molecule has 1 saturated heterocycles. The third-order valence-electron chi connectivity index (χ3n) is 4.00. The molecule has 0 saturated carbocycles. The first-order valence-electron chi connectivity index (χ1n) is 7.18. The van der Waals surface area contributed by atoms with Crippen LogP contribution in [-0.2, 0) is 6.54 Å². The Kier molecular flexibility index (Phi) is 5.22. The molecule has 1 aliphatic heterocycles. The molecule has 2 atom stereocenters. The zero-order valence-corrected chi connectivity index (χ0v) is 12.7. The van der Waals surface area contributed by atoms with Crippen molar-refractivity contribution < 1.29 is 0 Å². The fraction of sp³-hybridized carbons (Fsp3) is 0.733. The number of likely N-dealkylation sites (tertiary alicyclic amines) is 1. The van der Waals surface area contributed by atoms with E-state index in [1.54, 1.807) is 0 Å². The second-order valence-electron chi connectivity index (χ2n) is 5.64. The zero-order chi connectivity index (χ0) is 13.0. The van der Waals surface area contributed by atoms with Crippen molar-refractivity contribution in [2.75, 3.05) is 19.6 Å². The van der Waals surface area contributed by atoms with E-state index in [9.17, 15) is 0 Å². The van der Waals surface area contributed by atoms with Gasteiger partial charge < -0.3 is 5.32 Å². The smallest absolute Gasteiger partial charge is 0.0244 e. The number of piperidine rings is 1. The number of hydrogen-bond donors (Lipinski definition) is 1. The van der Waals surface area contributed by atoms with Gasteiger partial charge in [0.15, 0.2) is 0 Å². The average molecular weight is 266 g/mol. The van der Waals surface area contributed by atoms with E-state index in [-0.39, 0.29) is 0 Å². The largest absolute Gasteiger partial charge is 0.314 e. The number of rotatable bonds is 5. The summed E-state index contributed by atoms with van der Waals surface area (Å²) in [4.78, 5) is 2.61. The van der Waals surface area contributed by atoms with Gasteiger partial charge in [-0.3, -0.25) is 4.90 Å². The number of hydrogen-bond acceptors (Lipinski definition) is 3. The van der Waals surface area contributed by atoms with Crippen LogP contribution in [0.5, 0.6) is 0 Å². The summed E-state index contributed by atoms with van der Waals surface area (Å²) in [7, 11) is 0. The van der Waals surface area contributed by atoms with Crippen molar-refractivity contribution >= 4 is 11.3 Å². The minimum atomic E-state index is 0.727. The summed E-state index contributed by atoms with van der Waals surface area (Å²) >= 11 is 1.83.